The minimum absolute atomic E-state index is 0.0368. The molecule has 1 aromatic carbocycles. The predicted molar refractivity (Wildman–Crippen MR) is 76.6 cm³/mol. The highest BCUT2D eigenvalue weighted by molar-refractivity contribution is 6.41. The van der Waals surface area contributed by atoms with Crippen molar-refractivity contribution < 1.29 is 14.7 Å². The lowest BCUT2D eigenvalue weighted by atomic mass is 10.1. The Balaban J connectivity index is 2.01. The van der Waals surface area contributed by atoms with Gasteiger partial charge in [0.05, 0.1) is 10.7 Å². The van der Waals surface area contributed by atoms with Gasteiger partial charge in [0, 0.05) is 25.6 Å². The van der Waals surface area contributed by atoms with Crippen LogP contribution in [0, 0.1) is 12.8 Å². The topological polar surface area (TPSA) is 69.6 Å². The Hall–Kier alpha value is -1.59. The molecule has 0 spiro atoms. The van der Waals surface area contributed by atoms with Gasteiger partial charge in [-0.2, -0.15) is 0 Å². The van der Waals surface area contributed by atoms with E-state index in [-0.39, 0.29) is 12.5 Å². The SMILES string of the molecule is Cc1ccc(Cl)c(NC(=O)C(=O)N2CCC(CO)C2)c1. The molecule has 0 bridgehead atoms. The Morgan fingerprint density at radius 2 is 2.25 bits per heavy atom. The van der Waals surface area contributed by atoms with Gasteiger partial charge < -0.3 is 15.3 Å². The number of rotatable bonds is 2. The fraction of sp³-hybridized carbons (Fsp3) is 0.429. The number of hydrogen-bond donors (Lipinski definition) is 2. The summed E-state index contributed by atoms with van der Waals surface area (Å²) in [6.45, 7) is 2.83. The molecule has 2 N–H and O–H groups in total. The zero-order valence-electron chi connectivity index (χ0n) is 11.2. The van der Waals surface area contributed by atoms with E-state index in [1.165, 1.54) is 4.90 Å². The van der Waals surface area contributed by atoms with Crippen LogP contribution in [0.2, 0.25) is 5.02 Å². The number of carbonyl (C=O) groups excluding carboxylic acids is 2. The van der Waals surface area contributed by atoms with E-state index in [2.05, 4.69) is 5.32 Å². The standard InChI is InChI=1S/C14H17ClN2O3/c1-9-2-3-11(15)12(6-9)16-13(19)14(20)17-5-4-10(7-17)8-18/h2-3,6,10,18H,4-5,7-8H2,1H3,(H,16,19). The van der Waals surface area contributed by atoms with Crippen LogP contribution in [-0.4, -0.2) is 41.5 Å². The highest BCUT2D eigenvalue weighted by Gasteiger charge is 2.29. The molecule has 1 heterocycles. The molecule has 6 heteroatoms. The Morgan fingerprint density at radius 1 is 1.50 bits per heavy atom. The number of likely N-dealkylation sites (tertiary alicyclic amines) is 1. The minimum atomic E-state index is -0.698. The number of nitrogens with zero attached hydrogens (tertiary/aromatic N) is 1. The molecule has 2 rings (SSSR count). The maximum atomic E-state index is 12.0. The van der Waals surface area contributed by atoms with Crippen molar-refractivity contribution in [1.29, 1.82) is 0 Å². The average molecular weight is 297 g/mol. The van der Waals surface area contributed by atoms with Crippen molar-refractivity contribution in [3.8, 4) is 0 Å². The van der Waals surface area contributed by atoms with Crippen molar-refractivity contribution in [3.63, 3.8) is 0 Å². The van der Waals surface area contributed by atoms with Crippen LogP contribution in [0.3, 0.4) is 0 Å². The van der Waals surface area contributed by atoms with Gasteiger partial charge in [-0.3, -0.25) is 9.59 Å². The quantitative estimate of drug-likeness (QED) is 0.811. The molecule has 108 valence electrons. The molecule has 5 nitrogen and oxygen atoms in total. The number of carbonyl (C=O) groups is 2. The van der Waals surface area contributed by atoms with Crippen LogP contribution in [0.5, 0.6) is 0 Å². The smallest absolute Gasteiger partial charge is 0.313 e. The second-order valence-corrected chi connectivity index (χ2v) is 5.43. The van der Waals surface area contributed by atoms with Crippen molar-refractivity contribution in [3.05, 3.63) is 28.8 Å². The number of aliphatic hydroxyl groups is 1. The molecule has 1 aliphatic rings. The van der Waals surface area contributed by atoms with Crippen molar-refractivity contribution in [2.45, 2.75) is 13.3 Å². The van der Waals surface area contributed by atoms with Crippen molar-refractivity contribution in [2.75, 3.05) is 25.0 Å². The molecule has 1 saturated heterocycles. The second kappa shape index (κ2) is 6.24. The molecule has 2 amide bonds. The van der Waals surface area contributed by atoms with Gasteiger partial charge in [-0.05, 0) is 31.0 Å². The van der Waals surface area contributed by atoms with Gasteiger partial charge in [0.2, 0.25) is 0 Å². The fourth-order valence-electron chi connectivity index (χ4n) is 2.22. The van der Waals surface area contributed by atoms with E-state index in [0.29, 0.717) is 23.8 Å². The first kappa shape index (κ1) is 14.8. The maximum absolute atomic E-state index is 12.0. The maximum Gasteiger partial charge on any atom is 0.313 e. The number of hydrogen-bond acceptors (Lipinski definition) is 3. The van der Waals surface area contributed by atoms with Crippen LogP contribution < -0.4 is 5.32 Å². The lowest BCUT2D eigenvalue weighted by Gasteiger charge is -2.16. The highest BCUT2D eigenvalue weighted by Crippen LogP contribution is 2.23. The summed E-state index contributed by atoms with van der Waals surface area (Å²) in [4.78, 5) is 25.4. The molecule has 1 aromatic rings. The molecule has 1 aliphatic heterocycles. The molecular formula is C14H17ClN2O3. The molecule has 0 aliphatic carbocycles. The van der Waals surface area contributed by atoms with Gasteiger partial charge in [0.25, 0.3) is 0 Å². The largest absolute Gasteiger partial charge is 0.396 e. The van der Waals surface area contributed by atoms with Gasteiger partial charge in [0.1, 0.15) is 0 Å². The lowest BCUT2D eigenvalue weighted by molar-refractivity contribution is -0.142. The summed E-state index contributed by atoms with van der Waals surface area (Å²) in [6, 6.07) is 5.22. The molecular weight excluding hydrogens is 280 g/mol. The summed E-state index contributed by atoms with van der Waals surface area (Å²) >= 11 is 5.98. The second-order valence-electron chi connectivity index (χ2n) is 5.03. The normalized spacial score (nSPS) is 18.1. The molecule has 20 heavy (non-hydrogen) atoms. The fourth-order valence-corrected chi connectivity index (χ4v) is 2.39. The third kappa shape index (κ3) is 3.29. The summed E-state index contributed by atoms with van der Waals surface area (Å²) in [5.74, 6) is -1.22. The van der Waals surface area contributed by atoms with Crippen LogP contribution in [0.15, 0.2) is 18.2 Å². The Kier molecular flexibility index (Phi) is 4.62. The Bertz CT molecular complexity index is 533. The number of anilines is 1. The summed E-state index contributed by atoms with van der Waals surface area (Å²) in [6.07, 6.45) is 0.723. The first-order chi connectivity index (χ1) is 9.51. The van der Waals surface area contributed by atoms with Crippen LogP contribution in [0.25, 0.3) is 0 Å². The van der Waals surface area contributed by atoms with E-state index in [1.807, 2.05) is 13.0 Å². The molecule has 1 unspecified atom stereocenters. The van der Waals surface area contributed by atoms with Crippen molar-refractivity contribution in [2.24, 2.45) is 5.92 Å². The molecule has 0 radical (unpaired) electrons. The number of nitrogens with one attached hydrogen (secondary N) is 1. The van der Waals surface area contributed by atoms with Crippen molar-refractivity contribution in [1.82, 2.24) is 4.90 Å². The first-order valence-corrected chi connectivity index (χ1v) is 6.86. The lowest BCUT2D eigenvalue weighted by Crippen LogP contribution is -2.38. The predicted octanol–water partition coefficient (Wildman–Crippen LogP) is 1.43. The van der Waals surface area contributed by atoms with E-state index in [4.69, 9.17) is 16.7 Å². The number of halogens is 1. The number of benzene rings is 1. The first-order valence-electron chi connectivity index (χ1n) is 6.48. The van der Waals surface area contributed by atoms with Gasteiger partial charge in [0.15, 0.2) is 0 Å². The van der Waals surface area contributed by atoms with Crippen LogP contribution >= 0.6 is 11.6 Å². The summed E-state index contributed by atoms with van der Waals surface area (Å²) < 4.78 is 0. The number of amides is 2. The third-order valence-corrected chi connectivity index (χ3v) is 3.73. The van der Waals surface area contributed by atoms with Gasteiger partial charge in [-0.15, -0.1) is 0 Å². The zero-order valence-corrected chi connectivity index (χ0v) is 12.0. The molecule has 0 aromatic heterocycles. The number of aryl methyl sites for hydroxylation is 1. The average Bonchev–Trinajstić information content (AvgIpc) is 2.90. The van der Waals surface area contributed by atoms with Crippen LogP contribution in [-0.2, 0) is 9.59 Å². The van der Waals surface area contributed by atoms with E-state index in [0.717, 1.165) is 12.0 Å². The van der Waals surface area contributed by atoms with E-state index in [1.54, 1.807) is 12.1 Å². The Morgan fingerprint density at radius 3 is 2.90 bits per heavy atom. The van der Waals surface area contributed by atoms with E-state index < -0.39 is 11.8 Å². The molecule has 1 atom stereocenters. The van der Waals surface area contributed by atoms with Gasteiger partial charge >= 0.3 is 11.8 Å². The number of aliphatic hydroxyl groups excluding tert-OH is 1. The summed E-state index contributed by atoms with van der Waals surface area (Å²) in [7, 11) is 0. The van der Waals surface area contributed by atoms with Crippen LogP contribution in [0.1, 0.15) is 12.0 Å². The summed E-state index contributed by atoms with van der Waals surface area (Å²) in [5, 5.41) is 12.0. The van der Waals surface area contributed by atoms with E-state index in [9.17, 15) is 9.59 Å². The van der Waals surface area contributed by atoms with Gasteiger partial charge in [-0.25, -0.2) is 0 Å². The zero-order chi connectivity index (χ0) is 14.7. The molecule has 1 fully saturated rings. The minimum Gasteiger partial charge on any atom is -0.396 e. The third-order valence-electron chi connectivity index (χ3n) is 3.40. The van der Waals surface area contributed by atoms with Gasteiger partial charge in [-0.1, -0.05) is 17.7 Å². The Labute approximate surface area is 122 Å². The van der Waals surface area contributed by atoms with E-state index >= 15 is 0 Å². The van der Waals surface area contributed by atoms with Crippen molar-refractivity contribution >= 4 is 29.1 Å². The summed E-state index contributed by atoms with van der Waals surface area (Å²) in [5.41, 5.74) is 1.38. The van der Waals surface area contributed by atoms with Crippen LogP contribution in [0.4, 0.5) is 5.69 Å². The molecule has 0 saturated carbocycles. The highest BCUT2D eigenvalue weighted by atomic mass is 35.5. The monoisotopic (exact) mass is 296 g/mol.